The van der Waals surface area contributed by atoms with E-state index in [2.05, 4.69) is 22.9 Å². The molecular weight excluding hydrogens is 216 g/mol. The number of unbranched alkanes of at least 4 members (excludes halogenated alkanes) is 1. The van der Waals surface area contributed by atoms with Crippen LogP contribution in [0.15, 0.2) is 10.1 Å². The summed E-state index contributed by atoms with van der Waals surface area (Å²) in [6.45, 7) is 2.12. The van der Waals surface area contributed by atoms with Gasteiger partial charge in [-0.25, -0.2) is 0 Å². The predicted molar refractivity (Wildman–Crippen MR) is 54.3 cm³/mol. The third-order valence-electron chi connectivity index (χ3n) is 2.24. The summed E-state index contributed by atoms with van der Waals surface area (Å²) in [5.74, 6) is 0.362. The summed E-state index contributed by atoms with van der Waals surface area (Å²) in [7, 11) is 0. The standard InChI is InChI=1S/C10H15BrO/c1-2-3-7-10(12)8-5-4-6-9(8)11/h2-7H2,1H3. The number of ketones is 1. The molecule has 0 aliphatic heterocycles. The third kappa shape index (κ3) is 2.44. The van der Waals surface area contributed by atoms with Crippen molar-refractivity contribution in [1.82, 2.24) is 0 Å². The zero-order chi connectivity index (χ0) is 8.97. The molecule has 1 rings (SSSR count). The van der Waals surface area contributed by atoms with E-state index < -0.39 is 0 Å². The number of hydrogen-bond acceptors (Lipinski definition) is 1. The summed E-state index contributed by atoms with van der Waals surface area (Å²) >= 11 is 3.46. The summed E-state index contributed by atoms with van der Waals surface area (Å²) in [5, 5.41) is 0. The van der Waals surface area contributed by atoms with Crippen LogP contribution in [0.2, 0.25) is 0 Å². The number of rotatable bonds is 4. The monoisotopic (exact) mass is 230 g/mol. The average Bonchev–Trinajstić information content (AvgIpc) is 2.47. The summed E-state index contributed by atoms with van der Waals surface area (Å²) < 4.78 is 1.16. The maximum absolute atomic E-state index is 11.5. The van der Waals surface area contributed by atoms with Crippen molar-refractivity contribution >= 4 is 21.7 Å². The zero-order valence-electron chi connectivity index (χ0n) is 7.53. The van der Waals surface area contributed by atoms with Gasteiger partial charge < -0.3 is 0 Å². The molecule has 0 heterocycles. The Kier molecular flexibility index (Phi) is 3.99. The van der Waals surface area contributed by atoms with Gasteiger partial charge in [0.15, 0.2) is 5.78 Å². The van der Waals surface area contributed by atoms with Crippen molar-refractivity contribution in [3.05, 3.63) is 10.1 Å². The first-order chi connectivity index (χ1) is 5.75. The second-order valence-electron chi connectivity index (χ2n) is 3.26. The molecule has 2 heteroatoms. The highest BCUT2D eigenvalue weighted by molar-refractivity contribution is 9.11. The summed E-state index contributed by atoms with van der Waals surface area (Å²) in [5.41, 5.74) is 1.06. The first-order valence-corrected chi connectivity index (χ1v) is 5.45. The molecular formula is C10H15BrO. The lowest BCUT2D eigenvalue weighted by Crippen LogP contribution is -2.00. The predicted octanol–water partition coefficient (Wildman–Crippen LogP) is 3.58. The molecule has 0 unspecified atom stereocenters. The topological polar surface area (TPSA) is 17.1 Å². The lowest BCUT2D eigenvalue weighted by molar-refractivity contribution is -0.115. The molecule has 0 fully saturated rings. The van der Waals surface area contributed by atoms with Crippen molar-refractivity contribution in [3.8, 4) is 0 Å². The Bertz CT molecular complexity index is 206. The number of Topliss-reactive ketones (excluding diaryl/α,β-unsaturated/α-hetero) is 1. The van der Waals surface area contributed by atoms with Gasteiger partial charge in [0.2, 0.25) is 0 Å². The minimum Gasteiger partial charge on any atom is -0.295 e. The van der Waals surface area contributed by atoms with Gasteiger partial charge in [-0.2, -0.15) is 0 Å². The molecule has 12 heavy (non-hydrogen) atoms. The molecule has 0 saturated heterocycles. The van der Waals surface area contributed by atoms with Crippen molar-refractivity contribution in [2.45, 2.75) is 45.4 Å². The quantitative estimate of drug-likeness (QED) is 0.722. The Morgan fingerprint density at radius 3 is 2.75 bits per heavy atom. The number of halogens is 1. The van der Waals surface area contributed by atoms with Gasteiger partial charge in [-0.15, -0.1) is 0 Å². The summed E-state index contributed by atoms with van der Waals surface area (Å²) in [6, 6.07) is 0. The lowest BCUT2D eigenvalue weighted by atomic mass is 10.1. The highest BCUT2D eigenvalue weighted by Crippen LogP contribution is 2.31. The van der Waals surface area contributed by atoms with Crippen LogP contribution in [0.4, 0.5) is 0 Å². The molecule has 0 saturated carbocycles. The van der Waals surface area contributed by atoms with Crippen molar-refractivity contribution in [1.29, 1.82) is 0 Å². The molecule has 0 aromatic carbocycles. The molecule has 0 aromatic heterocycles. The van der Waals surface area contributed by atoms with Crippen LogP contribution in [0.3, 0.4) is 0 Å². The Morgan fingerprint density at radius 1 is 1.50 bits per heavy atom. The largest absolute Gasteiger partial charge is 0.295 e. The van der Waals surface area contributed by atoms with E-state index in [1.807, 2.05) is 0 Å². The first kappa shape index (κ1) is 9.97. The molecule has 0 N–H and O–H groups in total. The minimum atomic E-state index is 0.362. The van der Waals surface area contributed by atoms with Gasteiger partial charge in [-0.05, 0) is 25.7 Å². The number of carbonyl (C=O) groups excluding carboxylic acids is 1. The molecule has 1 aliphatic rings. The molecule has 0 bridgehead atoms. The minimum absolute atomic E-state index is 0.362. The fraction of sp³-hybridized carbons (Fsp3) is 0.700. The van der Waals surface area contributed by atoms with Gasteiger partial charge in [0, 0.05) is 16.5 Å². The smallest absolute Gasteiger partial charge is 0.159 e. The van der Waals surface area contributed by atoms with Crippen LogP contribution >= 0.6 is 15.9 Å². The second-order valence-corrected chi connectivity index (χ2v) is 4.22. The average molecular weight is 231 g/mol. The maximum Gasteiger partial charge on any atom is 0.159 e. The van der Waals surface area contributed by atoms with Gasteiger partial charge in [-0.3, -0.25) is 4.79 Å². The molecule has 0 aromatic rings. The first-order valence-electron chi connectivity index (χ1n) is 4.66. The Labute approximate surface area is 82.4 Å². The van der Waals surface area contributed by atoms with E-state index in [1.54, 1.807) is 0 Å². The summed E-state index contributed by atoms with van der Waals surface area (Å²) in [6.07, 6.45) is 6.07. The van der Waals surface area contributed by atoms with Crippen molar-refractivity contribution in [2.75, 3.05) is 0 Å². The molecule has 1 nitrogen and oxygen atoms in total. The van der Waals surface area contributed by atoms with Crippen LogP contribution in [-0.4, -0.2) is 5.78 Å². The Morgan fingerprint density at radius 2 is 2.25 bits per heavy atom. The van der Waals surface area contributed by atoms with E-state index in [-0.39, 0.29) is 0 Å². The fourth-order valence-corrected chi connectivity index (χ4v) is 2.19. The van der Waals surface area contributed by atoms with Gasteiger partial charge in [-0.1, -0.05) is 29.3 Å². The van der Waals surface area contributed by atoms with Crippen molar-refractivity contribution in [2.24, 2.45) is 0 Å². The third-order valence-corrected chi connectivity index (χ3v) is 3.12. The SMILES string of the molecule is CCCCC(=O)C1=C(Br)CCC1. The molecule has 0 spiro atoms. The highest BCUT2D eigenvalue weighted by Gasteiger charge is 2.17. The lowest BCUT2D eigenvalue weighted by Gasteiger charge is -2.00. The Hall–Kier alpha value is -0.110. The van der Waals surface area contributed by atoms with E-state index in [0.29, 0.717) is 5.78 Å². The zero-order valence-corrected chi connectivity index (χ0v) is 9.11. The molecule has 1 aliphatic carbocycles. The van der Waals surface area contributed by atoms with Crippen molar-refractivity contribution in [3.63, 3.8) is 0 Å². The molecule has 0 atom stereocenters. The van der Waals surface area contributed by atoms with Crippen LogP contribution in [0, 0.1) is 0 Å². The van der Waals surface area contributed by atoms with Crippen LogP contribution in [0.25, 0.3) is 0 Å². The maximum atomic E-state index is 11.5. The summed E-state index contributed by atoms with van der Waals surface area (Å²) in [4.78, 5) is 11.5. The van der Waals surface area contributed by atoms with Gasteiger partial charge in [0.1, 0.15) is 0 Å². The van der Waals surface area contributed by atoms with E-state index in [0.717, 1.165) is 48.6 Å². The van der Waals surface area contributed by atoms with Crippen LogP contribution in [0.5, 0.6) is 0 Å². The fourth-order valence-electron chi connectivity index (χ4n) is 1.49. The number of allylic oxidation sites excluding steroid dienone is 2. The molecule has 68 valence electrons. The van der Waals surface area contributed by atoms with E-state index >= 15 is 0 Å². The van der Waals surface area contributed by atoms with Gasteiger partial charge >= 0.3 is 0 Å². The Balaban J connectivity index is 2.46. The van der Waals surface area contributed by atoms with E-state index in [9.17, 15) is 4.79 Å². The molecule has 0 radical (unpaired) electrons. The second kappa shape index (κ2) is 4.80. The van der Waals surface area contributed by atoms with Gasteiger partial charge in [0.25, 0.3) is 0 Å². The number of carbonyl (C=O) groups is 1. The van der Waals surface area contributed by atoms with E-state index in [4.69, 9.17) is 0 Å². The van der Waals surface area contributed by atoms with Gasteiger partial charge in [0.05, 0.1) is 0 Å². The van der Waals surface area contributed by atoms with Crippen LogP contribution in [0.1, 0.15) is 45.4 Å². The van der Waals surface area contributed by atoms with Crippen LogP contribution < -0.4 is 0 Å². The van der Waals surface area contributed by atoms with Crippen molar-refractivity contribution < 1.29 is 4.79 Å². The highest BCUT2D eigenvalue weighted by atomic mass is 79.9. The normalized spacial score (nSPS) is 17.2. The van der Waals surface area contributed by atoms with E-state index in [1.165, 1.54) is 0 Å². The molecule has 0 amide bonds. The number of hydrogen-bond donors (Lipinski definition) is 0. The van der Waals surface area contributed by atoms with Crippen LogP contribution in [-0.2, 0) is 4.79 Å².